The van der Waals surface area contributed by atoms with Gasteiger partial charge in [-0.15, -0.1) is 11.3 Å². The van der Waals surface area contributed by atoms with Crippen molar-refractivity contribution in [1.29, 1.82) is 0 Å². The van der Waals surface area contributed by atoms with E-state index in [4.69, 9.17) is 4.74 Å². The molecule has 0 fully saturated rings. The zero-order valence-corrected chi connectivity index (χ0v) is 14.8. The molecule has 0 bridgehead atoms. The van der Waals surface area contributed by atoms with E-state index in [0.717, 1.165) is 22.4 Å². The third-order valence-corrected chi connectivity index (χ3v) is 4.68. The monoisotopic (exact) mass is 355 g/mol. The van der Waals surface area contributed by atoms with E-state index in [9.17, 15) is 9.18 Å². The van der Waals surface area contributed by atoms with Crippen molar-refractivity contribution in [2.45, 2.75) is 20.5 Å². The minimum atomic E-state index is -0.383. The highest BCUT2D eigenvalue weighted by molar-refractivity contribution is 7.12. The second kappa shape index (κ2) is 7.49. The van der Waals surface area contributed by atoms with Crippen LogP contribution >= 0.6 is 11.3 Å². The first-order valence-electron chi connectivity index (χ1n) is 7.85. The Labute approximate surface area is 150 Å². The lowest BCUT2D eigenvalue weighted by Crippen LogP contribution is -2.10. The van der Waals surface area contributed by atoms with Crippen LogP contribution in [0.5, 0.6) is 5.75 Å². The number of hydrogen-bond acceptors (Lipinski definition) is 3. The first kappa shape index (κ1) is 17.2. The molecule has 0 spiro atoms. The average molecular weight is 355 g/mol. The van der Waals surface area contributed by atoms with E-state index in [1.807, 2.05) is 37.4 Å². The Morgan fingerprint density at radius 1 is 1.16 bits per heavy atom. The topological polar surface area (TPSA) is 38.3 Å². The third-order valence-electron chi connectivity index (χ3n) is 3.70. The van der Waals surface area contributed by atoms with Crippen molar-refractivity contribution in [3.05, 3.63) is 81.3 Å². The standard InChI is InChI=1S/C20H18FNO2S/c1-13-6-7-14(2)18(8-13)24-11-15-9-19(25-12-15)20(23)22-17-5-3-4-16(21)10-17/h3-10,12H,11H2,1-2H3,(H,22,23). The van der Waals surface area contributed by atoms with Crippen LogP contribution in [0.1, 0.15) is 26.4 Å². The van der Waals surface area contributed by atoms with Crippen molar-refractivity contribution < 1.29 is 13.9 Å². The molecular formula is C20H18FNO2S. The van der Waals surface area contributed by atoms with E-state index < -0.39 is 0 Å². The quantitative estimate of drug-likeness (QED) is 0.671. The van der Waals surface area contributed by atoms with Gasteiger partial charge in [-0.2, -0.15) is 0 Å². The van der Waals surface area contributed by atoms with Gasteiger partial charge in [0.15, 0.2) is 0 Å². The summed E-state index contributed by atoms with van der Waals surface area (Å²) < 4.78 is 19.0. The molecule has 0 aliphatic rings. The van der Waals surface area contributed by atoms with Crippen molar-refractivity contribution >= 4 is 22.9 Å². The Hall–Kier alpha value is -2.66. The molecule has 1 heterocycles. The number of carbonyl (C=O) groups is 1. The van der Waals surface area contributed by atoms with Crippen LogP contribution in [-0.2, 0) is 6.61 Å². The van der Waals surface area contributed by atoms with Gasteiger partial charge in [0, 0.05) is 11.3 Å². The first-order valence-corrected chi connectivity index (χ1v) is 8.73. The Morgan fingerprint density at radius 3 is 2.80 bits per heavy atom. The lowest BCUT2D eigenvalue weighted by Gasteiger charge is -2.09. The van der Waals surface area contributed by atoms with Gasteiger partial charge >= 0.3 is 0 Å². The number of nitrogens with one attached hydrogen (secondary N) is 1. The Kier molecular flexibility index (Phi) is 5.14. The first-order chi connectivity index (χ1) is 12.0. The molecule has 0 atom stereocenters. The van der Waals surface area contributed by atoms with Crippen LogP contribution in [-0.4, -0.2) is 5.91 Å². The summed E-state index contributed by atoms with van der Waals surface area (Å²) in [6.45, 7) is 4.42. The molecule has 3 rings (SSSR count). The number of hydrogen-bond donors (Lipinski definition) is 1. The summed E-state index contributed by atoms with van der Waals surface area (Å²) in [6.07, 6.45) is 0. The fraction of sp³-hybridized carbons (Fsp3) is 0.150. The number of thiophene rings is 1. The van der Waals surface area contributed by atoms with E-state index in [2.05, 4.69) is 5.32 Å². The Morgan fingerprint density at radius 2 is 2.00 bits per heavy atom. The second-order valence-corrected chi connectivity index (χ2v) is 6.75. The molecule has 0 unspecified atom stereocenters. The Balaban J connectivity index is 1.63. The number of carbonyl (C=O) groups excluding carboxylic acids is 1. The van der Waals surface area contributed by atoms with E-state index in [1.54, 1.807) is 18.2 Å². The van der Waals surface area contributed by atoms with Gasteiger partial charge < -0.3 is 10.1 Å². The summed E-state index contributed by atoms with van der Waals surface area (Å²) >= 11 is 1.34. The van der Waals surface area contributed by atoms with Crippen molar-refractivity contribution in [2.24, 2.45) is 0 Å². The fourth-order valence-electron chi connectivity index (χ4n) is 2.35. The van der Waals surface area contributed by atoms with Crippen LogP contribution < -0.4 is 10.1 Å². The van der Waals surface area contributed by atoms with Crippen molar-refractivity contribution in [3.63, 3.8) is 0 Å². The number of ether oxygens (including phenoxy) is 1. The van der Waals surface area contributed by atoms with Gasteiger partial charge in [-0.05, 0) is 60.7 Å². The van der Waals surface area contributed by atoms with E-state index >= 15 is 0 Å². The smallest absolute Gasteiger partial charge is 0.265 e. The molecule has 0 radical (unpaired) electrons. The lowest BCUT2D eigenvalue weighted by molar-refractivity contribution is 0.103. The predicted molar refractivity (Wildman–Crippen MR) is 98.9 cm³/mol. The summed E-state index contributed by atoms with van der Waals surface area (Å²) in [5.41, 5.74) is 3.58. The van der Waals surface area contributed by atoms with Crippen molar-refractivity contribution in [3.8, 4) is 5.75 Å². The maximum absolute atomic E-state index is 13.2. The summed E-state index contributed by atoms with van der Waals surface area (Å²) in [6, 6.07) is 13.7. The van der Waals surface area contributed by atoms with Crippen LogP contribution in [0.15, 0.2) is 53.9 Å². The van der Waals surface area contributed by atoms with E-state index in [0.29, 0.717) is 17.2 Å². The lowest BCUT2D eigenvalue weighted by atomic mass is 10.1. The van der Waals surface area contributed by atoms with Crippen LogP contribution in [0.3, 0.4) is 0 Å². The highest BCUT2D eigenvalue weighted by atomic mass is 32.1. The zero-order chi connectivity index (χ0) is 17.8. The molecule has 2 aromatic carbocycles. The third kappa shape index (κ3) is 4.45. The number of amides is 1. The molecule has 0 aliphatic heterocycles. The van der Waals surface area contributed by atoms with Crippen LogP contribution in [0.4, 0.5) is 10.1 Å². The van der Waals surface area contributed by atoms with Gasteiger partial charge in [-0.25, -0.2) is 4.39 Å². The van der Waals surface area contributed by atoms with Crippen LogP contribution in [0.25, 0.3) is 0 Å². The second-order valence-electron chi connectivity index (χ2n) is 5.84. The van der Waals surface area contributed by atoms with E-state index in [1.165, 1.54) is 23.5 Å². The molecule has 5 heteroatoms. The summed E-state index contributed by atoms with van der Waals surface area (Å²) in [7, 11) is 0. The molecule has 3 nitrogen and oxygen atoms in total. The molecule has 1 amide bonds. The molecular weight excluding hydrogens is 337 g/mol. The molecule has 3 aromatic rings. The number of aryl methyl sites for hydroxylation is 2. The highest BCUT2D eigenvalue weighted by Gasteiger charge is 2.11. The molecule has 1 N–H and O–H groups in total. The van der Waals surface area contributed by atoms with Gasteiger partial charge in [-0.1, -0.05) is 18.2 Å². The summed E-state index contributed by atoms with van der Waals surface area (Å²) in [5, 5.41) is 4.59. The average Bonchev–Trinajstić information content (AvgIpc) is 3.05. The normalized spacial score (nSPS) is 10.5. The van der Waals surface area contributed by atoms with Crippen molar-refractivity contribution in [1.82, 2.24) is 0 Å². The Bertz CT molecular complexity index is 904. The predicted octanol–water partition coefficient (Wildman–Crippen LogP) is 5.34. The largest absolute Gasteiger partial charge is 0.489 e. The maximum Gasteiger partial charge on any atom is 0.265 e. The van der Waals surface area contributed by atoms with Gasteiger partial charge in [0.2, 0.25) is 0 Å². The van der Waals surface area contributed by atoms with Gasteiger partial charge in [0.05, 0.1) is 4.88 Å². The van der Waals surface area contributed by atoms with E-state index in [-0.39, 0.29) is 11.7 Å². The van der Waals surface area contributed by atoms with Crippen LogP contribution in [0, 0.1) is 19.7 Å². The fourth-order valence-corrected chi connectivity index (χ4v) is 3.15. The highest BCUT2D eigenvalue weighted by Crippen LogP contribution is 2.22. The number of anilines is 1. The zero-order valence-electron chi connectivity index (χ0n) is 14.0. The molecule has 1 aromatic heterocycles. The van der Waals surface area contributed by atoms with Crippen LogP contribution in [0.2, 0.25) is 0 Å². The minimum Gasteiger partial charge on any atom is -0.489 e. The molecule has 0 saturated heterocycles. The minimum absolute atomic E-state index is 0.256. The summed E-state index contributed by atoms with van der Waals surface area (Å²) in [5.74, 6) is 0.206. The van der Waals surface area contributed by atoms with Gasteiger partial charge in [0.1, 0.15) is 18.2 Å². The van der Waals surface area contributed by atoms with Crippen molar-refractivity contribution in [2.75, 3.05) is 5.32 Å². The van der Waals surface area contributed by atoms with Gasteiger partial charge in [-0.3, -0.25) is 4.79 Å². The number of rotatable bonds is 5. The molecule has 128 valence electrons. The van der Waals surface area contributed by atoms with Gasteiger partial charge in [0.25, 0.3) is 5.91 Å². The number of halogens is 1. The molecule has 0 aliphatic carbocycles. The SMILES string of the molecule is Cc1ccc(C)c(OCc2csc(C(=O)Nc3cccc(F)c3)c2)c1. The molecule has 0 saturated carbocycles. The summed E-state index contributed by atoms with van der Waals surface area (Å²) in [4.78, 5) is 12.8. The maximum atomic E-state index is 13.2. The number of benzene rings is 2. The molecule has 25 heavy (non-hydrogen) atoms.